The van der Waals surface area contributed by atoms with Crippen LogP contribution in [0.25, 0.3) is 11.0 Å². The van der Waals surface area contributed by atoms with E-state index in [1.54, 1.807) is 0 Å². The molecule has 2 N–H and O–H groups in total. The molecule has 33 heavy (non-hydrogen) atoms. The summed E-state index contributed by atoms with van der Waals surface area (Å²) < 4.78 is 13.4. The van der Waals surface area contributed by atoms with Gasteiger partial charge < -0.3 is 24.4 Å². The Hall–Kier alpha value is -2.18. The fraction of sp³-hybridized carbons (Fsp3) is 0.522. The first-order chi connectivity index (χ1) is 15.6. The number of hydrogen-bond acceptors (Lipinski definition) is 6. The summed E-state index contributed by atoms with van der Waals surface area (Å²) >= 11 is 0. The molecule has 10 heteroatoms. The summed E-state index contributed by atoms with van der Waals surface area (Å²) in [6, 6.07) is 10.1. The standard InChI is InChI=1S/C23H33N7O2.HI/c1-17(21-15-19-7-4-5-8-20(19)32-21)26-23(25-16-22-28-27-18(2)29(22)3)24-9-6-10-30-11-13-31-14-12-30;/h4-5,7-8,15,17H,6,9-14,16H2,1-3H3,(H2,24,25,26);1H. The number of para-hydroxylation sites is 1. The van der Waals surface area contributed by atoms with Crippen LogP contribution in [0.3, 0.4) is 0 Å². The highest BCUT2D eigenvalue weighted by Gasteiger charge is 2.14. The van der Waals surface area contributed by atoms with E-state index in [9.17, 15) is 0 Å². The molecule has 3 heterocycles. The van der Waals surface area contributed by atoms with Gasteiger partial charge >= 0.3 is 0 Å². The van der Waals surface area contributed by atoms with Crippen molar-refractivity contribution >= 4 is 40.9 Å². The number of guanidine groups is 1. The molecule has 1 unspecified atom stereocenters. The lowest BCUT2D eigenvalue weighted by atomic mass is 10.2. The molecule has 0 bridgehead atoms. The number of aromatic nitrogens is 3. The topological polar surface area (TPSA) is 92.7 Å². The van der Waals surface area contributed by atoms with Crippen LogP contribution < -0.4 is 10.6 Å². The number of ether oxygens (including phenoxy) is 1. The number of furan rings is 1. The monoisotopic (exact) mass is 567 g/mol. The maximum Gasteiger partial charge on any atom is 0.192 e. The molecule has 3 aromatic rings. The predicted octanol–water partition coefficient (Wildman–Crippen LogP) is 3.01. The zero-order valence-corrected chi connectivity index (χ0v) is 21.9. The molecular formula is C23H34IN7O2. The number of aryl methyl sites for hydroxylation is 1. The van der Waals surface area contributed by atoms with Crippen molar-refractivity contribution in [3.05, 3.63) is 47.7 Å². The van der Waals surface area contributed by atoms with Crippen molar-refractivity contribution in [1.29, 1.82) is 0 Å². The minimum atomic E-state index is -0.0332. The summed E-state index contributed by atoms with van der Waals surface area (Å²) in [5.41, 5.74) is 0.891. The van der Waals surface area contributed by atoms with Crippen molar-refractivity contribution in [3.63, 3.8) is 0 Å². The van der Waals surface area contributed by atoms with Crippen LogP contribution in [-0.2, 0) is 18.3 Å². The Morgan fingerprint density at radius 1 is 1.21 bits per heavy atom. The summed E-state index contributed by atoms with van der Waals surface area (Å²) in [5, 5.41) is 16.4. The van der Waals surface area contributed by atoms with Crippen molar-refractivity contribution in [3.8, 4) is 0 Å². The molecule has 2 aromatic heterocycles. The Labute approximate surface area is 212 Å². The van der Waals surface area contributed by atoms with Gasteiger partial charge in [-0.3, -0.25) is 4.90 Å². The summed E-state index contributed by atoms with van der Waals surface area (Å²) in [6.07, 6.45) is 1.03. The normalized spacial score (nSPS) is 15.9. The van der Waals surface area contributed by atoms with Gasteiger partial charge in [-0.25, -0.2) is 4.99 Å². The van der Waals surface area contributed by atoms with Gasteiger partial charge in [0.05, 0.1) is 19.3 Å². The number of rotatable bonds is 8. The lowest BCUT2D eigenvalue weighted by Crippen LogP contribution is -2.41. The Morgan fingerprint density at radius 2 is 2.00 bits per heavy atom. The van der Waals surface area contributed by atoms with Gasteiger partial charge in [0.2, 0.25) is 0 Å². The largest absolute Gasteiger partial charge is 0.459 e. The third-order valence-electron chi connectivity index (χ3n) is 5.83. The van der Waals surface area contributed by atoms with Crippen LogP contribution in [0.5, 0.6) is 0 Å². The molecule has 1 aromatic carbocycles. The first-order valence-electron chi connectivity index (χ1n) is 11.3. The van der Waals surface area contributed by atoms with Gasteiger partial charge in [0.25, 0.3) is 0 Å². The molecule has 0 radical (unpaired) electrons. The van der Waals surface area contributed by atoms with Gasteiger partial charge in [-0.1, -0.05) is 18.2 Å². The molecular weight excluding hydrogens is 533 g/mol. The zero-order valence-electron chi connectivity index (χ0n) is 19.6. The maximum absolute atomic E-state index is 6.03. The lowest BCUT2D eigenvalue weighted by Gasteiger charge is -2.26. The number of morpholine rings is 1. The smallest absolute Gasteiger partial charge is 0.192 e. The molecule has 0 saturated carbocycles. The summed E-state index contributed by atoms with van der Waals surface area (Å²) in [7, 11) is 1.96. The average Bonchev–Trinajstić information content (AvgIpc) is 3.39. The third kappa shape index (κ3) is 6.90. The molecule has 0 spiro atoms. The van der Waals surface area contributed by atoms with Gasteiger partial charge in [0.15, 0.2) is 11.8 Å². The number of nitrogens with zero attached hydrogens (tertiary/aromatic N) is 5. The summed E-state index contributed by atoms with van der Waals surface area (Å²) in [6.45, 7) is 10.0. The molecule has 1 atom stereocenters. The van der Waals surface area contributed by atoms with E-state index in [1.807, 2.05) is 36.7 Å². The van der Waals surface area contributed by atoms with Crippen molar-refractivity contribution in [2.75, 3.05) is 39.4 Å². The average molecular weight is 567 g/mol. The summed E-state index contributed by atoms with van der Waals surface area (Å²) in [4.78, 5) is 7.21. The Morgan fingerprint density at radius 3 is 2.73 bits per heavy atom. The van der Waals surface area contributed by atoms with Crippen LogP contribution >= 0.6 is 24.0 Å². The molecule has 4 rings (SSSR count). The van der Waals surface area contributed by atoms with E-state index in [1.165, 1.54) is 0 Å². The number of fused-ring (bicyclic) bond motifs is 1. The molecule has 1 aliphatic heterocycles. The number of nitrogens with one attached hydrogen (secondary N) is 2. The summed E-state index contributed by atoms with van der Waals surface area (Å²) in [5.74, 6) is 3.32. The fourth-order valence-electron chi connectivity index (χ4n) is 3.72. The second-order valence-electron chi connectivity index (χ2n) is 8.17. The molecule has 1 saturated heterocycles. The highest BCUT2D eigenvalue weighted by molar-refractivity contribution is 14.0. The molecule has 9 nitrogen and oxygen atoms in total. The molecule has 1 aliphatic rings. The van der Waals surface area contributed by atoms with Crippen LogP contribution in [0.2, 0.25) is 0 Å². The van der Waals surface area contributed by atoms with Crippen molar-refractivity contribution in [1.82, 2.24) is 30.3 Å². The van der Waals surface area contributed by atoms with E-state index >= 15 is 0 Å². The van der Waals surface area contributed by atoms with Crippen LogP contribution in [0.1, 0.15) is 36.8 Å². The van der Waals surface area contributed by atoms with Crippen LogP contribution in [0, 0.1) is 6.92 Å². The van der Waals surface area contributed by atoms with Gasteiger partial charge in [-0.05, 0) is 38.9 Å². The van der Waals surface area contributed by atoms with Gasteiger partial charge in [0.1, 0.15) is 23.7 Å². The van der Waals surface area contributed by atoms with E-state index in [2.05, 4.69) is 44.8 Å². The van der Waals surface area contributed by atoms with E-state index in [0.717, 1.165) is 80.2 Å². The fourth-order valence-corrected chi connectivity index (χ4v) is 3.72. The van der Waals surface area contributed by atoms with Crippen molar-refractivity contribution < 1.29 is 9.15 Å². The Balaban J connectivity index is 0.00000306. The highest BCUT2D eigenvalue weighted by atomic mass is 127. The quantitative estimate of drug-likeness (QED) is 0.187. The minimum absolute atomic E-state index is 0. The molecule has 1 fully saturated rings. The molecule has 0 amide bonds. The van der Waals surface area contributed by atoms with Gasteiger partial charge in [-0.2, -0.15) is 0 Å². The van der Waals surface area contributed by atoms with Crippen molar-refractivity contribution in [2.24, 2.45) is 12.0 Å². The first-order valence-corrected chi connectivity index (χ1v) is 11.3. The van der Waals surface area contributed by atoms with Crippen LogP contribution in [0.15, 0.2) is 39.7 Å². The van der Waals surface area contributed by atoms with Crippen LogP contribution in [0.4, 0.5) is 0 Å². The number of aliphatic imine (C=N–C) groups is 1. The second kappa shape index (κ2) is 12.3. The lowest BCUT2D eigenvalue weighted by molar-refractivity contribution is 0.0376. The SMILES string of the molecule is Cc1nnc(CN=C(NCCCN2CCOCC2)NC(C)c2cc3ccccc3o2)n1C.I. The number of halogens is 1. The van der Waals surface area contributed by atoms with E-state index in [0.29, 0.717) is 6.54 Å². The van der Waals surface area contributed by atoms with E-state index < -0.39 is 0 Å². The Kier molecular flexibility index (Phi) is 9.51. The minimum Gasteiger partial charge on any atom is -0.459 e. The second-order valence-corrected chi connectivity index (χ2v) is 8.17. The van der Waals surface area contributed by atoms with Crippen LogP contribution in [-0.4, -0.2) is 65.0 Å². The van der Waals surface area contributed by atoms with Gasteiger partial charge in [0, 0.05) is 32.1 Å². The number of benzene rings is 1. The maximum atomic E-state index is 6.03. The third-order valence-corrected chi connectivity index (χ3v) is 5.83. The Bertz CT molecular complexity index is 1010. The van der Waals surface area contributed by atoms with Gasteiger partial charge in [-0.15, -0.1) is 34.2 Å². The highest BCUT2D eigenvalue weighted by Crippen LogP contribution is 2.23. The first kappa shape index (κ1) is 25.4. The predicted molar refractivity (Wildman–Crippen MR) is 140 cm³/mol. The zero-order chi connectivity index (χ0) is 22.3. The van der Waals surface area contributed by atoms with E-state index in [-0.39, 0.29) is 30.0 Å². The van der Waals surface area contributed by atoms with Crippen molar-refractivity contribution in [2.45, 2.75) is 32.9 Å². The molecule has 180 valence electrons. The van der Waals surface area contributed by atoms with E-state index in [4.69, 9.17) is 14.1 Å². The number of hydrogen-bond donors (Lipinski definition) is 2. The molecule has 0 aliphatic carbocycles.